The molecule has 11 heteroatoms. The average Bonchev–Trinajstić information content (AvgIpc) is 3.36. The molecular weight excluding hydrogens is 571 g/mol. The van der Waals surface area contributed by atoms with Gasteiger partial charge in [-0.15, -0.1) is 10.2 Å². The Morgan fingerprint density at radius 2 is 1.76 bits per heavy atom. The SMILES string of the molecule is Cc1ccc(-n2c(S[C@@H](C(=O)Nc3cc(C(F)(F)F)ccc3Cl)c3ccccc3)nnc2-c2cccnc2)c(C)c1. The third-order valence-electron chi connectivity index (χ3n) is 6.26. The van der Waals surface area contributed by atoms with Gasteiger partial charge in [0.05, 0.1) is 22.0 Å². The van der Waals surface area contributed by atoms with Crippen molar-refractivity contribution in [3.05, 3.63) is 119 Å². The molecule has 0 aliphatic heterocycles. The molecule has 0 aliphatic rings. The van der Waals surface area contributed by atoms with E-state index in [0.717, 1.165) is 52.3 Å². The number of hydrogen-bond donors (Lipinski definition) is 1. The Kier molecular flexibility index (Phi) is 8.14. The van der Waals surface area contributed by atoms with Crippen LogP contribution in [-0.4, -0.2) is 25.7 Å². The molecule has 1 atom stereocenters. The van der Waals surface area contributed by atoms with Crippen molar-refractivity contribution in [2.24, 2.45) is 0 Å². The van der Waals surface area contributed by atoms with Crippen molar-refractivity contribution in [3.63, 3.8) is 0 Å². The molecule has 2 heterocycles. The van der Waals surface area contributed by atoms with Crippen molar-refractivity contribution in [3.8, 4) is 17.1 Å². The van der Waals surface area contributed by atoms with Crippen LogP contribution < -0.4 is 5.32 Å². The standard InChI is InChI=1S/C30H23ClF3N5OS/c1-18-10-13-25(19(2)15-18)39-27(21-9-6-14-35-17-21)37-38-29(39)41-26(20-7-4-3-5-8-20)28(40)36-24-16-22(30(32,33)34)11-12-23(24)31/h3-17,26H,1-2H3,(H,36,40)/t26-/m1/s1. The first kappa shape index (κ1) is 28.4. The molecule has 0 unspecified atom stereocenters. The molecule has 1 amide bonds. The van der Waals surface area contributed by atoms with E-state index >= 15 is 0 Å². The van der Waals surface area contributed by atoms with E-state index in [1.54, 1.807) is 42.7 Å². The highest BCUT2D eigenvalue weighted by molar-refractivity contribution is 8.00. The van der Waals surface area contributed by atoms with E-state index in [0.29, 0.717) is 16.5 Å². The van der Waals surface area contributed by atoms with E-state index in [1.165, 1.54) is 0 Å². The van der Waals surface area contributed by atoms with Crippen molar-refractivity contribution in [1.29, 1.82) is 0 Å². The number of anilines is 1. The van der Waals surface area contributed by atoms with Crippen LogP contribution in [0.25, 0.3) is 17.1 Å². The predicted octanol–water partition coefficient (Wildman–Crippen LogP) is 8.09. The molecule has 3 aromatic carbocycles. The minimum absolute atomic E-state index is 0.0135. The first-order valence-electron chi connectivity index (χ1n) is 12.4. The highest BCUT2D eigenvalue weighted by atomic mass is 35.5. The Bertz CT molecular complexity index is 1690. The molecule has 0 bridgehead atoms. The molecule has 6 nitrogen and oxygen atoms in total. The van der Waals surface area contributed by atoms with Gasteiger partial charge in [0.1, 0.15) is 5.25 Å². The number of aromatic nitrogens is 4. The topological polar surface area (TPSA) is 72.7 Å². The number of aryl methyl sites for hydroxylation is 2. The number of carbonyl (C=O) groups is 1. The van der Waals surface area contributed by atoms with Gasteiger partial charge in [-0.05, 0) is 61.4 Å². The van der Waals surface area contributed by atoms with Crippen LogP contribution in [0, 0.1) is 13.8 Å². The van der Waals surface area contributed by atoms with E-state index in [2.05, 4.69) is 20.5 Å². The van der Waals surface area contributed by atoms with E-state index < -0.39 is 22.9 Å². The summed E-state index contributed by atoms with van der Waals surface area (Å²) in [7, 11) is 0. The van der Waals surface area contributed by atoms with Gasteiger partial charge >= 0.3 is 6.18 Å². The minimum atomic E-state index is -4.59. The first-order chi connectivity index (χ1) is 19.6. The van der Waals surface area contributed by atoms with Gasteiger partial charge in [-0.3, -0.25) is 14.3 Å². The Hall–Kier alpha value is -4.15. The number of amides is 1. The largest absolute Gasteiger partial charge is 0.416 e. The summed E-state index contributed by atoms with van der Waals surface area (Å²) in [5.41, 5.74) is 3.15. The van der Waals surface area contributed by atoms with Crippen molar-refractivity contribution < 1.29 is 18.0 Å². The summed E-state index contributed by atoms with van der Waals surface area (Å²) in [6.07, 6.45) is -1.26. The number of benzene rings is 3. The second-order valence-corrected chi connectivity index (χ2v) is 10.7. The zero-order valence-corrected chi connectivity index (χ0v) is 23.4. The normalized spacial score (nSPS) is 12.2. The number of rotatable bonds is 7. The molecule has 5 aromatic rings. The summed E-state index contributed by atoms with van der Waals surface area (Å²) in [4.78, 5) is 17.9. The Balaban J connectivity index is 1.58. The summed E-state index contributed by atoms with van der Waals surface area (Å²) in [6, 6.07) is 21.3. The van der Waals surface area contributed by atoms with Gasteiger partial charge in [0.15, 0.2) is 11.0 Å². The number of hydrogen-bond acceptors (Lipinski definition) is 5. The van der Waals surface area contributed by atoms with Gasteiger partial charge < -0.3 is 5.32 Å². The highest BCUT2D eigenvalue weighted by Crippen LogP contribution is 2.40. The van der Waals surface area contributed by atoms with Gasteiger partial charge in [0.25, 0.3) is 0 Å². The second kappa shape index (κ2) is 11.8. The molecular formula is C30H23ClF3N5OS. The Morgan fingerprint density at radius 1 is 0.976 bits per heavy atom. The fourth-order valence-electron chi connectivity index (χ4n) is 4.30. The van der Waals surface area contributed by atoms with Crippen LogP contribution in [0.2, 0.25) is 5.02 Å². The van der Waals surface area contributed by atoms with Crippen LogP contribution in [0.5, 0.6) is 0 Å². The lowest BCUT2D eigenvalue weighted by atomic mass is 10.1. The van der Waals surface area contributed by atoms with Gasteiger partial charge in [-0.25, -0.2) is 0 Å². The number of pyridine rings is 1. The minimum Gasteiger partial charge on any atom is -0.323 e. The molecule has 5 rings (SSSR count). The zero-order valence-electron chi connectivity index (χ0n) is 21.9. The molecule has 0 radical (unpaired) electrons. The zero-order chi connectivity index (χ0) is 29.1. The van der Waals surface area contributed by atoms with Crippen LogP contribution in [-0.2, 0) is 11.0 Å². The lowest BCUT2D eigenvalue weighted by Gasteiger charge is -2.19. The van der Waals surface area contributed by atoms with Crippen LogP contribution in [0.1, 0.15) is 27.5 Å². The smallest absolute Gasteiger partial charge is 0.323 e. The molecule has 2 aromatic heterocycles. The third kappa shape index (κ3) is 6.28. The second-order valence-electron chi connectivity index (χ2n) is 9.26. The Labute approximate surface area is 243 Å². The lowest BCUT2D eigenvalue weighted by Crippen LogP contribution is -2.20. The van der Waals surface area contributed by atoms with Crippen LogP contribution in [0.3, 0.4) is 0 Å². The Morgan fingerprint density at radius 3 is 2.44 bits per heavy atom. The van der Waals surface area contributed by atoms with Gasteiger partial charge in [-0.1, -0.05) is 71.4 Å². The van der Waals surface area contributed by atoms with Gasteiger partial charge in [0, 0.05) is 18.0 Å². The molecule has 0 saturated heterocycles. The molecule has 208 valence electrons. The number of nitrogens with zero attached hydrogens (tertiary/aromatic N) is 4. The average molecular weight is 594 g/mol. The molecule has 41 heavy (non-hydrogen) atoms. The van der Waals surface area contributed by atoms with Crippen LogP contribution in [0.4, 0.5) is 18.9 Å². The number of alkyl halides is 3. The van der Waals surface area contributed by atoms with E-state index in [-0.39, 0.29) is 10.7 Å². The van der Waals surface area contributed by atoms with Crippen molar-refractivity contribution in [1.82, 2.24) is 19.7 Å². The van der Waals surface area contributed by atoms with E-state index in [9.17, 15) is 18.0 Å². The summed E-state index contributed by atoms with van der Waals surface area (Å²) < 4.78 is 42.0. The van der Waals surface area contributed by atoms with Crippen LogP contribution >= 0.6 is 23.4 Å². The summed E-state index contributed by atoms with van der Waals surface area (Å²) in [6.45, 7) is 3.97. The molecule has 1 N–H and O–H groups in total. The predicted molar refractivity (Wildman–Crippen MR) is 154 cm³/mol. The first-order valence-corrected chi connectivity index (χ1v) is 13.7. The molecule has 0 saturated carbocycles. The summed E-state index contributed by atoms with van der Waals surface area (Å²) >= 11 is 7.31. The maximum Gasteiger partial charge on any atom is 0.416 e. The summed E-state index contributed by atoms with van der Waals surface area (Å²) in [5, 5.41) is 11.0. The quantitative estimate of drug-likeness (QED) is 0.193. The summed E-state index contributed by atoms with van der Waals surface area (Å²) in [5.74, 6) is -0.0405. The maximum atomic E-state index is 13.7. The number of thioether (sulfide) groups is 1. The van der Waals surface area contributed by atoms with Crippen LogP contribution in [0.15, 0.2) is 96.4 Å². The number of nitrogens with one attached hydrogen (secondary N) is 1. The fourth-order valence-corrected chi connectivity index (χ4v) is 5.52. The third-order valence-corrected chi connectivity index (χ3v) is 7.79. The van der Waals surface area contributed by atoms with E-state index in [1.807, 2.05) is 48.7 Å². The monoisotopic (exact) mass is 593 g/mol. The van der Waals surface area contributed by atoms with Crippen molar-refractivity contribution in [2.45, 2.75) is 30.4 Å². The number of halogens is 4. The number of carbonyl (C=O) groups excluding carboxylic acids is 1. The lowest BCUT2D eigenvalue weighted by molar-refractivity contribution is -0.137. The van der Waals surface area contributed by atoms with Crippen molar-refractivity contribution >= 4 is 35.0 Å². The fraction of sp³-hybridized carbons (Fsp3) is 0.133. The van der Waals surface area contributed by atoms with Gasteiger partial charge in [0.2, 0.25) is 5.91 Å². The maximum absolute atomic E-state index is 13.7. The molecule has 0 spiro atoms. The molecule has 0 aliphatic carbocycles. The van der Waals surface area contributed by atoms with Gasteiger partial charge in [-0.2, -0.15) is 13.2 Å². The van der Waals surface area contributed by atoms with Crippen molar-refractivity contribution in [2.75, 3.05) is 5.32 Å². The van der Waals surface area contributed by atoms with E-state index in [4.69, 9.17) is 11.6 Å². The molecule has 0 fully saturated rings. The highest BCUT2D eigenvalue weighted by Gasteiger charge is 2.32.